The molecule has 5 heteroatoms. The maximum absolute atomic E-state index is 13.4. The topological polar surface area (TPSA) is 63.6 Å². The highest BCUT2D eigenvalue weighted by molar-refractivity contribution is 7.92. The Labute approximate surface area is 161 Å². The van der Waals surface area contributed by atoms with Crippen LogP contribution in [0.15, 0.2) is 47.4 Å². The first kappa shape index (κ1) is 19.5. The van der Waals surface area contributed by atoms with Crippen molar-refractivity contribution in [3.63, 3.8) is 0 Å². The van der Waals surface area contributed by atoms with E-state index in [1.807, 2.05) is 6.08 Å². The summed E-state index contributed by atoms with van der Waals surface area (Å²) >= 11 is 0. The van der Waals surface area contributed by atoms with Crippen molar-refractivity contribution >= 4 is 15.9 Å². The molecule has 0 radical (unpaired) electrons. The highest BCUT2D eigenvalue weighted by Crippen LogP contribution is 2.49. The average Bonchev–Trinajstić information content (AvgIpc) is 3.02. The van der Waals surface area contributed by atoms with Crippen molar-refractivity contribution in [2.75, 3.05) is 7.11 Å². The summed E-state index contributed by atoms with van der Waals surface area (Å²) < 4.78 is 31.0. The van der Waals surface area contributed by atoms with Crippen molar-refractivity contribution in [3.8, 4) is 11.5 Å². The molecule has 0 saturated carbocycles. The lowest BCUT2D eigenvalue weighted by Gasteiger charge is -2.26. The van der Waals surface area contributed by atoms with Gasteiger partial charge in [0.2, 0.25) is 0 Å². The fraction of sp³-hybridized carbons (Fsp3) is 0.364. The van der Waals surface area contributed by atoms with Crippen molar-refractivity contribution < 1.29 is 18.3 Å². The summed E-state index contributed by atoms with van der Waals surface area (Å²) in [7, 11) is -2.18. The summed E-state index contributed by atoms with van der Waals surface area (Å²) in [6.45, 7) is 5.92. The van der Waals surface area contributed by atoms with E-state index in [9.17, 15) is 13.5 Å². The van der Waals surface area contributed by atoms with E-state index in [-0.39, 0.29) is 10.6 Å². The van der Waals surface area contributed by atoms with Gasteiger partial charge in [0.25, 0.3) is 0 Å². The smallest absolute Gasteiger partial charge is 0.191 e. The van der Waals surface area contributed by atoms with E-state index in [1.165, 1.54) is 7.11 Å². The van der Waals surface area contributed by atoms with E-state index < -0.39 is 14.6 Å². The minimum atomic E-state index is -3.66. The molecule has 2 aromatic carbocycles. The van der Waals surface area contributed by atoms with Crippen LogP contribution in [0, 0.1) is 5.92 Å². The van der Waals surface area contributed by atoms with E-state index in [0.717, 1.165) is 17.5 Å². The minimum Gasteiger partial charge on any atom is -0.504 e. The zero-order valence-corrected chi connectivity index (χ0v) is 17.0. The van der Waals surface area contributed by atoms with Crippen LogP contribution in [0.5, 0.6) is 11.5 Å². The third-order valence-electron chi connectivity index (χ3n) is 5.59. The van der Waals surface area contributed by atoms with Crippen LogP contribution < -0.4 is 4.74 Å². The molecule has 0 fully saturated rings. The zero-order chi connectivity index (χ0) is 19.8. The summed E-state index contributed by atoms with van der Waals surface area (Å²) in [4.78, 5) is 0.278. The van der Waals surface area contributed by atoms with Gasteiger partial charge < -0.3 is 9.84 Å². The predicted molar refractivity (Wildman–Crippen MR) is 108 cm³/mol. The number of sulfone groups is 1. The van der Waals surface area contributed by atoms with Crippen molar-refractivity contribution in [3.05, 3.63) is 59.2 Å². The van der Waals surface area contributed by atoms with Gasteiger partial charge in [0, 0.05) is 5.56 Å². The molecule has 4 nitrogen and oxygen atoms in total. The molecule has 0 aliphatic heterocycles. The SMILES string of the molecule is CCC(C)Cc1c(O)c(OC)cc2c1C=CC2(C)S(=O)(=O)c1ccccc1. The van der Waals surface area contributed by atoms with Crippen LogP contribution in [0.1, 0.15) is 43.9 Å². The van der Waals surface area contributed by atoms with Gasteiger partial charge in [-0.3, -0.25) is 0 Å². The Hall–Kier alpha value is -2.27. The van der Waals surface area contributed by atoms with Crippen molar-refractivity contribution in [1.29, 1.82) is 0 Å². The third-order valence-corrected chi connectivity index (χ3v) is 7.96. The fourth-order valence-corrected chi connectivity index (χ4v) is 5.29. The molecule has 0 spiro atoms. The lowest BCUT2D eigenvalue weighted by Crippen LogP contribution is -2.29. The van der Waals surface area contributed by atoms with Gasteiger partial charge in [-0.25, -0.2) is 8.42 Å². The van der Waals surface area contributed by atoms with Crippen LogP contribution >= 0.6 is 0 Å². The lowest BCUT2D eigenvalue weighted by atomic mass is 9.90. The van der Waals surface area contributed by atoms with E-state index >= 15 is 0 Å². The molecule has 1 N–H and O–H groups in total. The summed E-state index contributed by atoms with van der Waals surface area (Å²) in [5.74, 6) is 0.769. The lowest BCUT2D eigenvalue weighted by molar-refractivity contribution is 0.367. The summed E-state index contributed by atoms with van der Waals surface area (Å²) in [6, 6.07) is 10.1. The van der Waals surface area contributed by atoms with Gasteiger partial charge in [-0.2, -0.15) is 0 Å². The maximum atomic E-state index is 13.4. The second kappa shape index (κ2) is 7.04. The maximum Gasteiger partial charge on any atom is 0.191 e. The average molecular weight is 387 g/mol. The Bertz CT molecular complexity index is 977. The number of aromatic hydroxyl groups is 1. The molecule has 0 heterocycles. The van der Waals surface area contributed by atoms with E-state index in [1.54, 1.807) is 49.4 Å². The second-order valence-corrected chi connectivity index (χ2v) is 9.67. The molecule has 0 amide bonds. The largest absolute Gasteiger partial charge is 0.504 e. The van der Waals surface area contributed by atoms with Crippen molar-refractivity contribution in [2.24, 2.45) is 5.92 Å². The van der Waals surface area contributed by atoms with Gasteiger partial charge >= 0.3 is 0 Å². The number of fused-ring (bicyclic) bond motifs is 1. The highest BCUT2D eigenvalue weighted by Gasteiger charge is 2.45. The molecule has 1 aliphatic rings. The van der Waals surface area contributed by atoms with Crippen LogP contribution in [-0.4, -0.2) is 20.6 Å². The molecule has 144 valence electrons. The number of rotatable bonds is 6. The summed E-state index contributed by atoms with van der Waals surface area (Å²) in [5, 5.41) is 10.7. The first-order chi connectivity index (χ1) is 12.8. The van der Waals surface area contributed by atoms with Crippen LogP contribution in [0.25, 0.3) is 6.08 Å². The Kier molecular flexibility index (Phi) is 5.08. The zero-order valence-electron chi connectivity index (χ0n) is 16.2. The number of benzene rings is 2. The molecular weight excluding hydrogens is 360 g/mol. The number of phenols is 1. The minimum absolute atomic E-state index is 0.0996. The monoisotopic (exact) mass is 386 g/mol. The van der Waals surface area contributed by atoms with Gasteiger partial charge in [0.05, 0.1) is 12.0 Å². The van der Waals surface area contributed by atoms with E-state index in [2.05, 4.69) is 13.8 Å². The molecule has 3 rings (SSSR count). The van der Waals surface area contributed by atoms with Crippen LogP contribution in [-0.2, 0) is 21.0 Å². The van der Waals surface area contributed by atoms with Gasteiger partial charge in [-0.05, 0) is 48.6 Å². The Balaban J connectivity index is 2.22. The number of phenolic OH excluding ortho intramolecular Hbond substituents is 1. The first-order valence-corrected chi connectivity index (χ1v) is 10.7. The molecule has 1 aliphatic carbocycles. The molecule has 0 bridgehead atoms. The van der Waals surface area contributed by atoms with Crippen LogP contribution in [0.4, 0.5) is 0 Å². The Morgan fingerprint density at radius 2 is 1.89 bits per heavy atom. The number of ether oxygens (including phenoxy) is 1. The Morgan fingerprint density at radius 3 is 2.48 bits per heavy atom. The molecule has 2 atom stereocenters. The van der Waals surface area contributed by atoms with Crippen LogP contribution in [0.3, 0.4) is 0 Å². The van der Waals surface area contributed by atoms with Gasteiger partial charge in [-0.15, -0.1) is 0 Å². The van der Waals surface area contributed by atoms with Crippen molar-refractivity contribution in [1.82, 2.24) is 0 Å². The summed E-state index contributed by atoms with van der Waals surface area (Å²) in [5.41, 5.74) is 2.19. The molecule has 2 unspecified atom stereocenters. The van der Waals surface area contributed by atoms with E-state index in [4.69, 9.17) is 4.74 Å². The van der Waals surface area contributed by atoms with Gasteiger partial charge in [-0.1, -0.05) is 50.6 Å². The van der Waals surface area contributed by atoms with Crippen LogP contribution in [0.2, 0.25) is 0 Å². The van der Waals surface area contributed by atoms with Gasteiger partial charge in [0.1, 0.15) is 4.75 Å². The highest BCUT2D eigenvalue weighted by atomic mass is 32.2. The normalized spacial score (nSPS) is 19.7. The molecular formula is C22H26O4S. The third kappa shape index (κ3) is 3.04. The molecule has 27 heavy (non-hydrogen) atoms. The molecule has 0 saturated heterocycles. The number of hydrogen-bond acceptors (Lipinski definition) is 4. The molecule has 2 aromatic rings. The second-order valence-electron chi connectivity index (χ2n) is 7.34. The predicted octanol–water partition coefficient (Wildman–Crippen LogP) is 4.71. The first-order valence-electron chi connectivity index (χ1n) is 9.18. The number of hydrogen-bond donors (Lipinski definition) is 1. The quantitative estimate of drug-likeness (QED) is 0.781. The van der Waals surface area contributed by atoms with Gasteiger partial charge in [0.15, 0.2) is 21.3 Å². The standard InChI is InChI=1S/C22H26O4S/c1-5-15(2)13-18-17-11-12-22(3,19(17)14-20(26-4)21(18)23)27(24,25)16-9-7-6-8-10-16/h6-12,14-15,23H,5,13H2,1-4H3. The van der Waals surface area contributed by atoms with E-state index in [0.29, 0.717) is 23.7 Å². The summed E-state index contributed by atoms with van der Waals surface area (Å²) in [6.07, 6.45) is 5.17. The molecule has 0 aromatic heterocycles. The number of methoxy groups -OCH3 is 1. The van der Waals surface area contributed by atoms with Crippen molar-refractivity contribution in [2.45, 2.75) is 43.3 Å². The fourth-order valence-electron chi connectivity index (χ4n) is 3.58. The Morgan fingerprint density at radius 1 is 1.22 bits per heavy atom.